The highest BCUT2D eigenvalue weighted by Crippen LogP contribution is 2.32. The van der Waals surface area contributed by atoms with Crippen molar-refractivity contribution >= 4 is 17.8 Å². The summed E-state index contributed by atoms with van der Waals surface area (Å²) in [6.45, 7) is 0.0813. The molecule has 0 atom stereocenters. The monoisotopic (exact) mass is 227 g/mol. The number of aliphatic imine (C=N–C) groups is 1. The Hall–Kier alpha value is -1.32. The second-order valence-electron chi connectivity index (χ2n) is 2.71. The molecule has 0 radical (unpaired) electrons. The highest BCUT2D eigenvalue weighted by Gasteiger charge is 2.10. The molecule has 0 saturated carbocycles. The highest BCUT2D eigenvalue weighted by atomic mass is 32.2. The fourth-order valence-corrected chi connectivity index (χ4v) is 1.87. The molecule has 5 heteroatoms. The summed E-state index contributed by atoms with van der Waals surface area (Å²) in [6.07, 6.45) is 3.24. The number of benzene rings is 1. The number of hydrogen-bond donors (Lipinski definition) is 0. The zero-order valence-corrected chi connectivity index (χ0v) is 9.23. The van der Waals surface area contributed by atoms with E-state index in [1.165, 1.54) is 37.1 Å². The summed E-state index contributed by atoms with van der Waals surface area (Å²) in [4.78, 5) is 14.1. The number of methoxy groups -OCH3 is 1. The fourth-order valence-electron chi connectivity index (χ4n) is 1.24. The van der Waals surface area contributed by atoms with Crippen molar-refractivity contribution in [2.45, 2.75) is 11.4 Å². The van der Waals surface area contributed by atoms with E-state index in [9.17, 15) is 9.18 Å². The summed E-state index contributed by atoms with van der Waals surface area (Å²) in [6, 6.07) is 2.69. The minimum Gasteiger partial charge on any atom is -0.495 e. The van der Waals surface area contributed by atoms with Crippen molar-refractivity contribution < 1.29 is 13.9 Å². The molecular formula is C10H10FNO2S. The molecule has 0 spiro atoms. The number of isocyanates is 1. The molecule has 0 amide bonds. The number of ether oxygens (including phenoxy) is 1. The van der Waals surface area contributed by atoms with Crippen LogP contribution in [0.25, 0.3) is 0 Å². The lowest BCUT2D eigenvalue weighted by molar-refractivity contribution is 0.398. The van der Waals surface area contributed by atoms with Crippen LogP contribution in [0, 0.1) is 5.82 Å². The van der Waals surface area contributed by atoms with Crippen molar-refractivity contribution in [3.8, 4) is 5.75 Å². The first-order chi connectivity index (χ1) is 7.22. The lowest BCUT2D eigenvalue weighted by Gasteiger charge is -2.10. The van der Waals surface area contributed by atoms with Gasteiger partial charge in [-0.3, -0.25) is 0 Å². The number of hydrogen-bond acceptors (Lipinski definition) is 4. The molecule has 0 aromatic heterocycles. The molecule has 1 rings (SSSR count). The van der Waals surface area contributed by atoms with Gasteiger partial charge in [-0.2, -0.15) is 0 Å². The van der Waals surface area contributed by atoms with Crippen molar-refractivity contribution in [3.05, 3.63) is 23.5 Å². The Kier molecular flexibility index (Phi) is 4.34. The molecule has 0 aliphatic carbocycles. The summed E-state index contributed by atoms with van der Waals surface area (Å²) >= 11 is 1.38. The Morgan fingerprint density at radius 3 is 2.87 bits per heavy atom. The number of thioether (sulfide) groups is 1. The van der Waals surface area contributed by atoms with Gasteiger partial charge in [0.05, 0.1) is 18.6 Å². The highest BCUT2D eigenvalue weighted by molar-refractivity contribution is 7.98. The summed E-state index contributed by atoms with van der Waals surface area (Å²) in [5.74, 6) is 0.194. The molecule has 0 N–H and O–H groups in total. The van der Waals surface area contributed by atoms with Crippen LogP contribution in [-0.2, 0) is 11.3 Å². The van der Waals surface area contributed by atoms with Crippen LogP contribution in [0.15, 0.2) is 22.0 Å². The van der Waals surface area contributed by atoms with E-state index < -0.39 is 0 Å². The van der Waals surface area contributed by atoms with Crippen LogP contribution < -0.4 is 4.74 Å². The van der Waals surface area contributed by atoms with Gasteiger partial charge in [-0.05, 0) is 18.4 Å². The lowest BCUT2D eigenvalue weighted by Crippen LogP contribution is -1.95. The quantitative estimate of drug-likeness (QED) is 0.450. The Labute approximate surface area is 91.4 Å². The first kappa shape index (κ1) is 11.8. The molecule has 15 heavy (non-hydrogen) atoms. The molecule has 0 saturated heterocycles. The summed E-state index contributed by atoms with van der Waals surface area (Å²) in [5, 5.41) is 0. The number of nitrogens with zero attached hydrogens (tertiary/aromatic N) is 1. The maximum Gasteiger partial charge on any atom is 0.235 e. The fraction of sp³-hybridized carbons (Fsp3) is 0.300. The molecule has 0 aliphatic heterocycles. The molecule has 0 aliphatic rings. The third-order valence-corrected chi connectivity index (χ3v) is 2.58. The SMILES string of the molecule is COc1c(CN=C=O)cc(F)cc1SC. The molecule has 0 bridgehead atoms. The van der Waals surface area contributed by atoms with E-state index in [4.69, 9.17) is 4.74 Å². The van der Waals surface area contributed by atoms with Crippen LogP contribution in [0.5, 0.6) is 5.75 Å². The molecular weight excluding hydrogens is 217 g/mol. The first-order valence-electron chi connectivity index (χ1n) is 4.17. The van der Waals surface area contributed by atoms with E-state index >= 15 is 0 Å². The predicted octanol–water partition coefficient (Wildman–Crippen LogP) is 2.39. The molecule has 0 fully saturated rings. The second-order valence-corrected chi connectivity index (χ2v) is 3.56. The normalized spacial score (nSPS) is 9.53. The smallest absolute Gasteiger partial charge is 0.235 e. The van der Waals surface area contributed by atoms with E-state index in [1.807, 2.05) is 6.26 Å². The van der Waals surface area contributed by atoms with E-state index in [-0.39, 0.29) is 12.4 Å². The molecule has 0 unspecified atom stereocenters. The zero-order chi connectivity index (χ0) is 11.3. The maximum absolute atomic E-state index is 13.1. The van der Waals surface area contributed by atoms with Crippen LogP contribution >= 0.6 is 11.8 Å². The van der Waals surface area contributed by atoms with Gasteiger partial charge in [-0.1, -0.05) is 0 Å². The van der Waals surface area contributed by atoms with Crippen LogP contribution in [0.2, 0.25) is 0 Å². The third kappa shape index (κ3) is 2.81. The van der Waals surface area contributed by atoms with Crippen LogP contribution in [0.3, 0.4) is 0 Å². The first-order valence-corrected chi connectivity index (χ1v) is 5.39. The van der Waals surface area contributed by atoms with Gasteiger partial charge >= 0.3 is 0 Å². The molecule has 0 heterocycles. The Morgan fingerprint density at radius 2 is 2.33 bits per heavy atom. The Bertz CT molecular complexity index is 403. The lowest BCUT2D eigenvalue weighted by atomic mass is 10.2. The Morgan fingerprint density at radius 1 is 1.60 bits per heavy atom. The van der Waals surface area contributed by atoms with E-state index in [1.54, 1.807) is 0 Å². The van der Waals surface area contributed by atoms with Gasteiger partial charge in [0.15, 0.2) is 0 Å². The van der Waals surface area contributed by atoms with Crippen molar-refractivity contribution in [3.63, 3.8) is 0 Å². The average Bonchev–Trinajstić information content (AvgIpc) is 2.25. The zero-order valence-electron chi connectivity index (χ0n) is 8.41. The van der Waals surface area contributed by atoms with Crippen molar-refractivity contribution in [1.82, 2.24) is 0 Å². The maximum atomic E-state index is 13.1. The predicted molar refractivity (Wildman–Crippen MR) is 56.6 cm³/mol. The average molecular weight is 227 g/mol. The molecule has 80 valence electrons. The molecule has 3 nitrogen and oxygen atoms in total. The van der Waals surface area contributed by atoms with Crippen molar-refractivity contribution in [2.75, 3.05) is 13.4 Å². The van der Waals surface area contributed by atoms with Crippen molar-refractivity contribution in [2.24, 2.45) is 4.99 Å². The van der Waals surface area contributed by atoms with Crippen LogP contribution in [0.4, 0.5) is 4.39 Å². The summed E-state index contributed by atoms with van der Waals surface area (Å²) < 4.78 is 18.3. The standard InChI is InChI=1S/C10H10FNO2S/c1-14-10-7(5-12-6-13)3-8(11)4-9(10)15-2/h3-4H,5H2,1-2H3. The summed E-state index contributed by atoms with van der Waals surface area (Å²) in [7, 11) is 1.50. The van der Waals surface area contributed by atoms with Gasteiger partial charge < -0.3 is 4.74 Å². The Balaban J connectivity index is 3.21. The van der Waals surface area contributed by atoms with E-state index in [0.29, 0.717) is 16.2 Å². The van der Waals surface area contributed by atoms with Crippen molar-refractivity contribution in [1.29, 1.82) is 0 Å². The van der Waals surface area contributed by atoms with E-state index in [2.05, 4.69) is 4.99 Å². The van der Waals surface area contributed by atoms with Gasteiger partial charge in [-0.25, -0.2) is 14.2 Å². The number of carbonyl (C=O) groups excluding carboxylic acids is 1. The van der Waals surface area contributed by atoms with Gasteiger partial charge in [0.1, 0.15) is 11.6 Å². The minimum absolute atomic E-state index is 0.0813. The number of halogens is 1. The third-order valence-electron chi connectivity index (χ3n) is 1.83. The van der Waals surface area contributed by atoms with Gasteiger partial charge in [0.25, 0.3) is 0 Å². The minimum atomic E-state index is -0.365. The van der Waals surface area contributed by atoms with Crippen LogP contribution in [0.1, 0.15) is 5.56 Å². The summed E-state index contributed by atoms with van der Waals surface area (Å²) in [5.41, 5.74) is 0.546. The van der Waals surface area contributed by atoms with Gasteiger partial charge in [-0.15, -0.1) is 11.8 Å². The largest absolute Gasteiger partial charge is 0.495 e. The topological polar surface area (TPSA) is 38.7 Å². The second kappa shape index (κ2) is 5.53. The van der Waals surface area contributed by atoms with Crippen LogP contribution in [-0.4, -0.2) is 19.4 Å². The van der Waals surface area contributed by atoms with Gasteiger partial charge in [0.2, 0.25) is 6.08 Å². The number of rotatable bonds is 4. The molecule has 1 aromatic rings. The van der Waals surface area contributed by atoms with E-state index in [0.717, 1.165) is 0 Å². The van der Waals surface area contributed by atoms with Gasteiger partial charge in [0, 0.05) is 5.56 Å². The molecule has 1 aromatic carbocycles.